The van der Waals surface area contributed by atoms with Gasteiger partial charge in [0, 0.05) is 14.0 Å². The Kier molecular flexibility index (Phi) is 4.25. The van der Waals surface area contributed by atoms with Crippen molar-refractivity contribution in [1.29, 1.82) is 0 Å². The first kappa shape index (κ1) is 13.2. The number of ether oxygens (including phenoxy) is 2. The molecule has 0 unspecified atom stereocenters. The molecule has 0 bridgehead atoms. The number of rotatable bonds is 5. The second-order valence-electron chi connectivity index (χ2n) is 3.92. The Labute approximate surface area is 110 Å². The van der Waals surface area contributed by atoms with E-state index in [1.54, 1.807) is 32.2 Å². The average Bonchev–Trinajstić information content (AvgIpc) is 2.82. The van der Waals surface area contributed by atoms with Crippen molar-refractivity contribution in [1.82, 2.24) is 10.2 Å². The number of carbonyl (C=O) groups is 1. The molecular formula is C13H14N2O4. The summed E-state index contributed by atoms with van der Waals surface area (Å²) in [5.41, 5.74) is 1.37. The fraction of sp³-hybridized carbons (Fsp3) is 0.308. The molecule has 0 aliphatic carbocycles. The van der Waals surface area contributed by atoms with Gasteiger partial charge < -0.3 is 13.9 Å². The summed E-state index contributed by atoms with van der Waals surface area (Å²) in [5, 5.41) is 7.40. The minimum atomic E-state index is -0.436. The third-order valence-electron chi connectivity index (χ3n) is 2.37. The van der Waals surface area contributed by atoms with Gasteiger partial charge in [-0.2, -0.15) is 0 Å². The van der Waals surface area contributed by atoms with Gasteiger partial charge in [-0.15, -0.1) is 10.2 Å². The van der Waals surface area contributed by atoms with Crippen LogP contribution < -0.4 is 0 Å². The molecule has 0 radical (unpaired) electrons. The maximum Gasteiger partial charge on any atom is 0.338 e. The average molecular weight is 262 g/mol. The molecular weight excluding hydrogens is 248 g/mol. The lowest BCUT2D eigenvalue weighted by Gasteiger charge is -2.04. The monoisotopic (exact) mass is 262 g/mol. The van der Waals surface area contributed by atoms with Crippen molar-refractivity contribution in [2.24, 2.45) is 0 Å². The van der Waals surface area contributed by atoms with Gasteiger partial charge in [-0.3, -0.25) is 0 Å². The van der Waals surface area contributed by atoms with Crippen LogP contribution in [0.4, 0.5) is 0 Å². The number of nitrogens with zero attached hydrogens (tertiary/aromatic N) is 2. The number of hydrogen-bond donors (Lipinski definition) is 0. The van der Waals surface area contributed by atoms with Gasteiger partial charge in [0.2, 0.25) is 5.89 Å². The summed E-state index contributed by atoms with van der Waals surface area (Å²) in [7, 11) is 1.60. The summed E-state index contributed by atoms with van der Waals surface area (Å²) < 4.78 is 15.2. The standard InChI is InChI=1S/C13H14N2O4/c1-9-14-15-12(19-9)8-18-13(16)11-5-3-4-10(6-11)7-17-2/h3-6H,7-8H2,1-2H3. The van der Waals surface area contributed by atoms with Gasteiger partial charge in [0.15, 0.2) is 6.61 Å². The van der Waals surface area contributed by atoms with Crippen LogP contribution in [0.3, 0.4) is 0 Å². The van der Waals surface area contributed by atoms with E-state index in [2.05, 4.69) is 10.2 Å². The van der Waals surface area contributed by atoms with E-state index in [-0.39, 0.29) is 12.5 Å². The highest BCUT2D eigenvalue weighted by molar-refractivity contribution is 5.89. The zero-order valence-electron chi connectivity index (χ0n) is 10.8. The van der Waals surface area contributed by atoms with E-state index in [0.29, 0.717) is 18.1 Å². The van der Waals surface area contributed by atoms with Crippen LogP contribution in [0.15, 0.2) is 28.7 Å². The maximum atomic E-state index is 11.8. The van der Waals surface area contributed by atoms with Crippen LogP contribution in [0.1, 0.15) is 27.7 Å². The molecule has 0 aliphatic heterocycles. The molecule has 0 aliphatic rings. The highest BCUT2D eigenvalue weighted by Crippen LogP contribution is 2.09. The zero-order chi connectivity index (χ0) is 13.7. The Morgan fingerprint density at radius 2 is 2.16 bits per heavy atom. The number of carbonyl (C=O) groups excluding carboxylic acids is 1. The first-order valence-corrected chi connectivity index (χ1v) is 5.73. The lowest BCUT2D eigenvalue weighted by atomic mass is 10.1. The smallest absolute Gasteiger partial charge is 0.338 e. The van der Waals surface area contributed by atoms with Gasteiger partial charge in [-0.25, -0.2) is 4.79 Å². The highest BCUT2D eigenvalue weighted by Gasteiger charge is 2.10. The third-order valence-corrected chi connectivity index (χ3v) is 2.37. The highest BCUT2D eigenvalue weighted by atomic mass is 16.5. The molecule has 19 heavy (non-hydrogen) atoms. The first-order chi connectivity index (χ1) is 9.19. The Morgan fingerprint density at radius 1 is 1.32 bits per heavy atom. The molecule has 6 heteroatoms. The summed E-state index contributed by atoms with van der Waals surface area (Å²) in [6, 6.07) is 7.06. The molecule has 0 saturated heterocycles. The van der Waals surface area contributed by atoms with Crippen molar-refractivity contribution in [3.63, 3.8) is 0 Å². The minimum Gasteiger partial charge on any atom is -0.452 e. The molecule has 0 spiro atoms. The lowest BCUT2D eigenvalue weighted by molar-refractivity contribution is 0.0436. The fourth-order valence-corrected chi connectivity index (χ4v) is 1.56. The van der Waals surface area contributed by atoms with Crippen LogP contribution >= 0.6 is 0 Å². The second kappa shape index (κ2) is 6.10. The van der Waals surface area contributed by atoms with Crippen LogP contribution in [0, 0.1) is 6.92 Å². The van der Waals surface area contributed by atoms with Crippen molar-refractivity contribution in [3.05, 3.63) is 47.2 Å². The molecule has 1 heterocycles. The van der Waals surface area contributed by atoms with Gasteiger partial charge in [0.25, 0.3) is 5.89 Å². The number of methoxy groups -OCH3 is 1. The van der Waals surface area contributed by atoms with Crippen molar-refractivity contribution in [3.8, 4) is 0 Å². The summed E-state index contributed by atoms with van der Waals surface area (Å²) in [5.74, 6) is 0.279. The minimum absolute atomic E-state index is 0.0336. The summed E-state index contributed by atoms with van der Waals surface area (Å²) in [6.07, 6.45) is 0. The SMILES string of the molecule is COCc1cccc(C(=O)OCc2nnc(C)o2)c1. The van der Waals surface area contributed by atoms with E-state index in [0.717, 1.165) is 5.56 Å². The number of aromatic nitrogens is 2. The van der Waals surface area contributed by atoms with Crippen LogP contribution in [0.5, 0.6) is 0 Å². The molecule has 6 nitrogen and oxygen atoms in total. The number of benzene rings is 1. The van der Waals surface area contributed by atoms with E-state index < -0.39 is 5.97 Å². The number of aryl methyl sites for hydroxylation is 1. The normalized spacial score (nSPS) is 10.4. The summed E-state index contributed by atoms with van der Waals surface area (Å²) in [4.78, 5) is 11.8. The van der Waals surface area contributed by atoms with Gasteiger partial charge >= 0.3 is 5.97 Å². The number of esters is 1. The third kappa shape index (κ3) is 3.62. The van der Waals surface area contributed by atoms with Crippen molar-refractivity contribution >= 4 is 5.97 Å². The van der Waals surface area contributed by atoms with Crippen molar-refractivity contribution < 1.29 is 18.7 Å². The zero-order valence-corrected chi connectivity index (χ0v) is 10.8. The molecule has 0 fully saturated rings. The first-order valence-electron chi connectivity index (χ1n) is 5.73. The van der Waals surface area contributed by atoms with Gasteiger partial charge in [-0.05, 0) is 17.7 Å². The lowest BCUT2D eigenvalue weighted by Crippen LogP contribution is -2.06. The van der Waals surface area contributed by atoms with E-state index in [9.17, 15) is 4.79 Å². The molecule has 2 rings (SSSR count). The molecule has 0 atom stereocenters. The Hall–Kier alpha value is -2.21. The van der Waals surface area contributed by atoms with E-state index in [1.165, 1.54) is 0 Å². The second-order valence-corrected chi connectivity index (χ2v) is 3.92. The molecule has 1 aromatic carbocycles. The van der Waals surface area contributed by atoms with Crippen LogP contribution in [-0.2, 0) is 22.7 Å². The van der Waals surface area contributed by atoms with E-state index in [1.807, 2.05) is 6.07 Å². The predicted octanol–water partition coefficient (Wildman–Crippen LogP) is 1.88. The van der Waals surface area contributed by atoms with Gasteiger partial charge in [-0.1, -0.05) is 12.1 Å². The fourth-order valence-electron chi connectivity index (χ4n) is 1.56. The van der Waals surface area contributed by atoms with Crippen LogP contribution in [0.25, 0.3) is 0 Å². The molecule has 0 N–H and O–H groups in total. The summed E-state index contributed by atoms with van der Waals surface area (Å²) in [6.45, 7) is 2.09. The van der Waals surface area contributed by atoms with Crippen molar-refractivity contribution in [2.75, 3.05) is 7.11 Å². The van der Waals surface area contributed by atoms with E-state index >= 15 is 0 Å². The number of hydrogen-bond acceptors (Lipinski definition) is 6. The van der Waals surface area contributed by atoms with Crippen molar-refractivity contribution in [2.45, 2.75) is 20.1 Å². The molecule has 1 aromatic heterocycles. The molecule has 2 aromatic rings. The Balaban J connectivity index is 1.97. The van der Waals surface area contributed by atoms with E-state index in [4.69, 9.17) is 13.9 Å². The quantitative estimate of drug-likeness (QED) is 0.766. The molecule has 100 valence electrons. The predicted molar refractivity (Wildman–Crippen MR) is 65.3 cm³/mol. The molecule has 0 saturated carbocycles. The largest absolute Gasteiger partial charge is 0.452 e. The summed E-state index contributed by atoms with van der Waals surface area (Å²) >= 11 is 0. The van der Waals surface area contributed by atoms with Gasteiger partial charge in [0.1, 0.15) is 0 Å². The maximum absolute atomic E-state index is 11.8. The molecule has 0 amide bonds. The van der Waals surface area contributed by atoms with Crippen LogP contribution in [-0.4, -0.2) is 23.3 Å². The topological polar surface area (TPSA) is 74.5 Å². The Bertz CT molecular complexity index is 565. The van der Waals surface area contributed by atoms with Crippen LogP contribution in [0.2, 0.25) is 0 Å². The van der Waals surface area contributed by atoms with Gasteiger partial charge in [0.05, 0.1) is 12.2 Å². The Morgan fingerprint density at radius 3 is 2.84 bits per heavy atom.